The molecule has 3 heterocycles. The zero-order valence-electron chi connectivity index (χ0n) is 19.0. The average molecular weight is 493 g/mol. The van der Waals surface area contributed by atoms with E-state index in [1.54, 1.807) is 17.8 Å². The molecule has 0 unspecified atom stereocenters. The van der Waals surface area contributed by atoms with Crippen LogP contribution in [0.4, 0.5) is 21.8 Å². The van der Waals surface area contributed by atoms with Crippen molar-refractivity contribution in [3.63, 3.8) is 0 Å². The zero-order valence-corrected chi connectivity index (χ0v) is 19.8. The minimum absolute atomic E-state index is 0.236. The number of nitrogens with one attached hydrogen (secondary N) is 2. The second-order valence-electron chi connectivity index (χ2n) is 7.88. The lowest BCUT2D eigenvalue weighted by molar-refractivity contribution is 0.441. The monoisotopic (exact) mass is 492 g/mol. The first-order chi connectivity index (χ1) is 17.0. The van der Waals surface area contributed by atoms with Crippen LogP contribution in [0.3, 0.4) is 0 Å². The van der Waals surface area contributed by atoms with Crippen LogP contribution in [0.2, 0.25) is 5.02 Å². The van der Waals surface area contributed by atoms with Gasteiger partial charge in [0.1, 0.15) is 18.2 Å². The summed E-state index contributed by atoms with van der Waals surface area (Å²) in [5.41, 5.74) is 4.13. The number of aromatic nitrogens is 6. The minimum Gasteiger partial charge on any atom is -0.424 e. The van der Waals surface area contributed by atoms with Crippen molar-refractivity contribution in [1.82, 2.24) is 29.3 Å². The lowest BCUT2D eigenvalue weighted by Crippen LogP contribution is -2.05. The van der Waals surface area contributed by atoms with Crippen LogP contribution in [0.15, 0.2) is 60.9 Å². The lowest BCUT2D eigenvalue weighted by atomic mass is 10.2. The van der Waals surface area contributed by atoms with E-state index in [1.807, 2.05) is 54.1 Å². The molecule has 2 N–H and O–H groups in total. The Balaban J connectivity index is 1.25. The van der Waals surface area contributed by atoms with Gasteiger partial charge in [-0.1, -0.05) is 23.7 Å². The molecular weight excluding hydrogens is 471 g/mol. The normalized spacial score (nSPS) is 11.1. The summed E-state index contributed by atoms with van der Waals surface area (Å²) in [5.74, 6) is 2.09. The highest BCUT2D eigenvalue weighted by Crippen LogP contribution is 2.25. The van der Waals surface area contributed by atoms with Crippen LogP contribution in [0.5, 0.6) is 11.8 Å². The quantitative estimate of drug-likeness (QED) is 0.301. The van der Waals surface area contributed by atoms with Gasteiger partial charge in [-0.2, -0.15) is 5.10 Å². The van der Waals surface area contributed by atoms with Gasteiger partial charge in [-0.25, -0.2) is 19.3 Å². The second kappa shape index (κ2) is 9.59. The standard InChI is InChI=1S/C24H22ClFN8O/c1-33-21-9-17(30-22-10-18(11-26)32-34(22)2)5-8-20(21)31-23(33)27-12-15-3-6-19(7-4-15)35-24-28-13-16(25)14-29-24/h3-10,13-14,30H,11-12H2,1-2H3,(H,27,31). The fraction of sp³-hybridized carbons (Fsp3) is 0.167. The molecule has 0 spiro atoms. The van der Waals surface area contributed by atoms with E-state index in [1.165, 1.54) is 12.4 Å². The van der Waals surface area contributed by atoms with Gasteiger partial charge < -0.3 is 19.9 Å². The molecule has 0 atom stereocenters. The van der Waals surface area contributed by atoms with E-state index < -0.39 is 6.67 Å². The van der Waals surface area contributed by atoms with Crippen molar-refractivity contribution in [3.05, 3.63) is 77.2 Å². The molecule has 35 heavy (non-hydrogen) atoms. The van der Waals surface area contributed by atoms with Crippen LogP contribution >= 0.6 is 11.6 Å². The van der Waals surface area contributed by atoms with Crippen molar-refractivity contribution < 1.29 is 9.13 Å². The van der Waals surface area contributed by atoms with Gasteiger partial charge in [-0.05, 0) is 35.9 Å². The molecule has 0 fully saturated rings. The Kier molecular flexibility index (Phi) is 6.19. The summed E-state index contributed by atoms with van der Waals surface area (Å²) in [5, 5.41) is 11.2. The Morgan fingerprint density at radius 3 is 2.51 bits per heavy atom. The number of aryl methyl sites for hydroxylation is 2. The highest BCUT2D eigenvalue weighted by molar-refractivity contribution is 6.30. The number of ether oxygens (including phenoxy) is 1. The Labute approximate surface area is 205 Å². The Hall–Kier alpha value is -4.18. The summed E-state index contributed by atoms with van der Waals surface area (Å²) in [7, 11) is 3.73. The predicted molar refractivity (Wildman–Crippen MR) is 133 cm³/mol. The maximum Gasteiger partial charge on any atom is 0.321 e. The maximum absolute atomic E-state index is 12.9. The number of benzene rings is 2. The Bertz CT molecular complexity index is 1460. The highest BCUT2D eigenvalue weighted by Gasteiger charge is 2.10. The molecule has 5 rings (SSSR count). The second-order valence-corrected chi connectivity index (χ2v) is 8.32. The summed E-state index contributed by atoms with van der Waals surface area (Å²) in [4.78, 5) is 12.8. The zero-order chi connectivity index (χ0) is 24.4. The topological polar surface area (TPSA) is 94.7 Å². The van der Waals surface area contributed by atoms with Crippen LogP contribution in [0.25, 0.3) is 11.0 Å². The van der Waals surface area contributed by atoms with Gasteiger partial charge in [0.2, 0.25) is 5.95 Å². The van der Waals surface area contributed by atoms with Crippen LogP contribution < -0.4 is 15.4 Å². The van der Waals surface area contributed by atoms with Crippen molar-refractivity contribution in [2.75, 3.05) is 10.6 Å². The number of hydrogen-bond acceptors (Lipinski definition) is 7. The molecule has 5 aromatic rings. The first-order valence-electron chi connectivity index (χ1n) is 10.8. The molecule has 0 saturated carbocycles. The number of imidazole rings is 1. The van der Waals surface area contributed by atoms with Crippen molar-refractivity contribution in [3.8, 4) is 11.8 Å². The molecule has 0 radical (unpaired) electrons. The molecule has 0 amide bonds. The molecule has 0 aliphatic rings. The van der Waals surface area contributed by atoms with Gasteiger partial charge in [0.25, 0.3) is 0 Å². The van der Waals surface area contributed by atoms with Crippen LogP contribution in [-0.2, 0) is 27.3 Å². The van der Waals surface area contributed by atoms with E-state index in [-0.39, 0.29) is 6.01 Å². The average Bonchev–Trinajstić information content (AvgIpc) is 3.38. The summed E-state index contributed by atoms with van der Waals surface area (Å²) < 4.78 is 22.1. The van der Waals surface area contributed by atoms with E-state index in [0.29, 0.717) is 28.8 Å². The van der Waals surface area contributed by atoms with E-state index in [4.69, 9.17) is 21.3 Å². The third-order valence-electron chi connectivity index (χ3n) is 5.40. The fourth-order valence-electron chi connectivity index (χ4n) is 3.60. The van der Waals surface area contributed by atoms with Crippen LogP contribution in [0, 0.1) is 0 Å². The third-order valence-corrected chi connectivity index (χ3v) is 5.60. The van der Waals surface area contributed by atoms with Crippen molar-refractivity contribution in [2.24, 2.45) is 14.1 Å². The van der Waals surface area contributed by atoms with E-state index in [2.05, 4.69) is 25.7 Å². The highest BCUT2D eigenvalue weighted by atomic mass is 35.5. The summed E-state index contributed by atoms with van der Waals surface area (Å²) in [6.07, 6.45) is 2.97. The molecule has 2 aromatic carbocycles. The van der Waals surface area contributed by atoms with Crippen LogP contribution in [0.1, 0.15) is 11.3 Å². The first-order valence-corrected chi connectivity index (χ1v) is 11.2. The Morgan fingerprint density at radius 1 is 1.03 bits per heavy atom. The molecule has 0 aliphatic heterocycles. The number of alkyl halides is 1. The number of halogens is 2. The van der Waals surface area contributed by atoms with Gasteiger partial charge in [0.15, 0.2) is 0 Å². The summed E-state index contributed by atoms with van der Waals surface area (Å²) >= 11 is 5.80. The van der Waals surface area contributed by atoms with E-state index in [9.17, 15) is 4.39 Å². The molecule has 3 aromatic heterocycles. The summed E-state index contributed by atoms with van der Waals surface area (Å²) in [6, 6.07) is 15.4. The van der Waals surface area contributed by atoms with Gasteiger partial charge in [0, 0.05) is 32.4 Å². The van der Waals surface area contributed by atoms with Crippen molar-refractivity contribution in [1.29, 1.82) is 0 Å². The molecule has 0 saturated heterocycles. The molecule has 11 heteroatoms. The first kappa shape index (κ1) is 22.6. The molecule has 0 aliphatic carbocycles. The maximum atomic E-state index is 12.9. The van der Waals surface area contributed by atoms with Crippen molar-refractivity contribution >= 4 is 40.1 Å². The SMILES string of the molecule is Cn1nc(CF)cc1Nc1ccc2nc(NCc3ccc(Oc4ncc(Cl)cn4)cc3)n(C)c2c1. The number of anilines is 3. The molecule has 178 valence electrons. The molecular formula is C24H22ClFN8O. The fourth-order valence-corrected chi connectivity index (χ4v) is 3.70. The number of fused-ring (bicyclic) bond motifs is 1. The van der Waals surface area contributed by atoms with Gasteiger partial charge in [0.05, 0.1) is 34.1 Å². The molecule has 0 bridgehead atoms. The Morgan fingerprint density at radius 2 is 1.80 bits per heavy atom. The minimum atomic E-state index is -0.599. The molecule has 9 nitrogen and oxygen atoms in total. The predicted octanol–water partition coefficient (Wildman–Crippen LogP) is 5.37. The van der Waals surface area contributed by atoms with E-state index >= 15 is 0 Å². The number of nitrogens with zero attached hydrogens (tertiary/aromatic N) is 6. The lowest BCUT2D eigenvalue weighted by Gasteiger charge is -2.08. The van der Waals surface area contributed by atoms with Gasteiger partial charge in [-0.3, -0.25) is 4.68 Å². The largest absolute Gasteiger partial charge is 0.424 e. The van der Waals surface area contributed by atoms with E-state index in [0.717, 1.165) is 28.2 Å². The van der Waals surface area contributed by atoms with Gasteiger partial charge >= 0.3 is 6.01 Å². The number of hydrogen-bond donors (Lipinski definition) is 2. The smallest absolute Gasteiger partial charge is 0.321 e. The number of rotatable bonds is 8. The van der Waals surface area contributed by atoms with Gasteiger partial charge in [-0.15, -0.1) is 0 Å². The van der Waals surface area contributed by atoms with Crippen LogP contribution in [-0.4, -0.2) is 29.3 Å². The van der Waals surface area contributed by atoms with Crippen molar-refractivity contribution in [2.45, 2.75) is 13.2 Å². The third kappa shape index (κ3) is 5.02. The summed E-state index contributed by atoms with van der Waals surface area (Å²) in [6.45, 7) is -0.0150.